The van der Waals surface area contributed by atoms with Crippen LogP contribution in [0, 0.1) is 13.8 Å². The van der Waals surface area contributed by atoms with Gasteiger partial charge in [0.05, 0.1) is 5.69 Å². The number of fused-ring (bicyclic) bond motifs is 2. The summed E-state index contributed by atoms with van der Waals surface area (Å²) in [5.41, 5.74) is 4.26. The number of piperazine rings is 1. The van der Waals surface area contributed by atoms with Crippen LogP contribution in [0.3, 0.4) is 0 Å². The van der Waals surface area contributed by atoms with Gasteiger partial charge in [-0.25, -0.2) is 4.98 Å². The van der Waals surface area contributed by atoms with E-state index in [1.165, 1.54) is 16.9 Å². The summed E-state index contributed by atoms with van der Waals surface area (Å²) in [5, 5.41) is 1.07. The van der Waals surface area contributed by atoms with Crippen LogP contribution in [-0.2, 0) is 6.54 Å². The number of ether oxygens (including phenoxy) is 2. The van der Waals surface area contributed by atoms with E-state index in [0.717, 1.165) is 63.2 Å². The number of hydrogen-bond donors (Lipinski definition) is 0. The summed E-state index contributed by atoms with van der Waals surface area (Å²) in [6.45, 7) is 8.29. The molecule has 4 aromatic rings. The molecule has 8 heteroatoms. The number of carbonyl (C=O) groups is 1. The van der Waals surface area contributed by atoms with Crippen LogP contribution in [0.25, 0.3) is 15.9 Å². The second kappa shape index (κ2) is 8.45. The maximum absolute atomic E-state index is 13.7. The number of thiophene rings is 1. The van der Waals surface area contributed by atoms with Gasteiger partial charge in [-0.15, -0.1) is 11.3 Å². The van der Waals surface area contributed by atoms with Crippen molar-refractivity contribution in [3.05, 3.63) is 70.5 Å². The molecule has 3 aromatic heterocycles. The van der Waals surface area contributed by atoms with Gasteiger partial charge in [-0.1, -0.05) is 6.07 Å². The Bertz CT molecular complexity index is 1370. The lowest BCUT2D eigenvalue weighted by Crippen LogP contribution is -2.48. The quantitative estimate of drug-likeness (QED) is 0.439. The SMILES string of the molecule is Cc1cc(C)c2c(-n3cccc3)c(C(=O)N3CCN(Cc4ccc5c(c4)OCO5)CC3)sc2n1. The molecule has 34 heavy (non-hydrogen) atoms. The van der Waals surface area contributed by atoms with Crippen molar-refractivity contribution in [2.45, 2.75) is 20.4 Å². The molecule has 2 aliphatic rings. The predicted molar refractivity (Wildman–Crippen MR) is 132 cm³/mol. The van der Waals surface area contributed by atoms with Gasteiger partial charge in [-0.2, -0.15) is 0 Å². The zero-order chi connectivity index (χ0) is 23.2. The van der Waals surface area contributed by atoms with Gasteiger partial charge in [-0.3, -0.25) is 9.69 Å². The highest BCUT2D eigenvalue weighted by atomic mass is 32.1. The van der Waals surface area contributed by atoms with Gasteiger partial charge in [0.25, 0.3) is 5.91 Å². The van der Waals surface area contributed by atoms with E-state index in [1.54, 1.807) is 0 Å². The Labute approximate surface area is 202 Å². The van der Waals surface area contributed by atoms with E-state index < -0.39 is 0 Å². The Morgan fingerprint density at radius 1 is 1.03 bits per heavy atom. The van der Waals surface area contributed by atoms with Gasteiger partial charge < -0.3 is 18.9 Å². The Morgan fingerprint density at radius 2 is 1.79 bits per heavy atom. The molecule has 1 amide bonds. The fourth-order valence-electron chi connectivity index (χ4n) is 4.85. The lowest BCUT2D eigenvalue weighted by molar-refractivity contribution is 0.0633. The smallest absolute Gasteiger partial charge is 0.266 e. The molecule has 2 aliphatic heterocycles. The fourth-order valence-corrected chi connectivity index (χ4v) is 6.11. The molecule has 7 nitrogen and oxygen atoms in total. The van der Waals surface area contributed by atoms with Crippen LogP contribution in [0.1, 0.15) is 26.5 Å². The average Bonchev–Trinajstić information content (AvgIpc) is 3.58. The lowest BCUT2D eigenvalue weighted by atomic mass is 10.1. The number of benzene rings is 1. The van der Waals surface area contributed by atoms with Gasteiger partial charge in [0.2, 0.25) is 6.79 Å². The molecular weight excluding hydrogens is 448 g/mol. The molecule has 0 N–H and O–H groups in total. The lowest BCUT2D eigenvalue weighted by Gasteiger charge is -2.34. The molecule has 174 valence electrons. The van der Waals surface area contributed by atoms with Gasteiger partial charge in [0.1, 0.15) is 9.71 Å². The number of pyridine rings is 1. The molecule has 6 rings (SSSR count). The summed E-state index contributed by atoms with van der Waals surface area (Å²) < 4.78 is 13.0. The van der Waals surface area contributed by atoms with E-state index >= 15 is 0 Å². The number of amides is 1. The highest BCUT2D eigenvalue weighted by Gasteiger charge is 2.28. The summed E-state index contributed by atoms with van der Waals surface area (Å²) in [5.74, 6) is 1.71. The van der Waals surface area contributed by atoms with Gasteiger partial charge in [0, 0.05) is 56.2 Å². The van der Waals surface area contributed by atoms with Crippen LogP contribution < -0.4 is 9.47 Å². The highest BCUT2D eigenvalue weighted by molar-refractivity contribution is 7.21. The van der Waals surface area contributed by atoms with Crippen molar-refractivity contribution >= 4 is 27.5 Å². The first kappa shape index (κ1) is 21.2. The Kier molecular flexibility index (Phi) is 5.27. The number of nitrogens with zero attached hydrogens (tertiary/aromatic N) is 4. The molecule has 0 spiro atoms. The van der Waals surface area contributed by atoms with Crippen LogP contribution in [0.4, 0.5) is 0 Å². The monoisotopic (exact) mass is 474 g/mol. The topological polar surface area (TPSA) is 59.8 Å². The van der Waals surface area contributed by atoms with Crippen molar-refractivity contribution < 1.29 is 14.3 Å². The number of aromatic nitrogens is 2. The predicted octanol–water partition coefficient (Wildman–Crippen LogP) is 4.39. The Morgan fingerprint density at radius 3 is 2.59 bits per heavy atom. The van der Waals surface area contributed by atoms with Crippen LogP contribution in [0.5, 0.6) is 11.5 Å². The number of carbonyl (C=O) groups excluding carboxylic acids is 1. The summed E-state index contributed by atoms with van der Waals surface area (Å²) in [6, 6.07) is 12.2. The van der Waals surface area contributed by atoms with E-state index in [2.05, 4.69) is 30.0 Å². The second-order valence-electron chi connectivity index (χ2n) is 8.89. The van der Waals surface area contributed by atoms with Crippen molar-refractivity contribution in [3.63, 3.8) is 0 Å². The maximum Gasteiger partial charge on any atom is 0.266 e. The van der Waals surface area contributed by atoms with Crippen molar-refractivity contribution in [3.8, 4) is 17.2 Å². The number of hydrogen-bond acceptors (Lipinski definition) is 6. The minimum absolute atomic E-state index is 0.0893. The van der Waals surface area contributed by atoms with Crippen LogP contribution >= 0.6 is 11.3 Å². The van der Waals surface area contributed by atoms with Crippen molar-refractivity contribution in [2.75, 3.05) is 33.0 Å². The van der Waals surface area contributed by atoms with Crippen molar-refractivity contribution in [1.29, 1.82) is 0 Å². The first-order valence-electron chi connectivity index (χ1n) is 11.5. The molecular formula is C26H26N4O3S. The minimum atomic E-state index is 0.0893. The van der Waals surface area contributed by atoms with E-state index in [0.29, 0.717) is 13.1 Å². The molecule has 1 saturated heterocycles. The fraction of sp³-hybridized carbons (Fsp3) is 0.308. The van der Waals surface area contributed by atoms with Gasteiger partial charge in [0.15, 0.2) is 11.5 Å². The zero-order valence-corrected chi connectivity index (χ0v) is 20.1. The van der Waals surface area contributed by atoms with Crippen molar-refractivity contribution in [1.82, 2.24) is 19.4 Å². The van der Waals surface area contributed by atoms with Crippen LogP contribution in [-0.4, -0.2) is 58.2 Å². The molecule has 1 aromatic carbocycles. The third-order valence-corrected chi connectivity index (χ3v) is 7.58. The first-order valence-corrected chi connectivity index (χ1v) is 12.3. The molecule has 0 atom stereocenters. The molecule has 0 aliphatic carbocycles. The van der Waals surface area contributed by atoms with Gasteiger partial charge in [-0.05, 0) is 55.3 Å². The first-order chi connectivity index (χ1) is 16.6. The van der Waals surface area contributed by atoms with E-state index in [1.807, 2.05) is 47.0 Å². The summed E-state index contributed by atoms with van der Waals surface area (Å²) in [7, 11) is 0. The summed E-state index contributed by atoms with van der Waals surface area (Å²) in [4.78, 5) is 24.5. The molecule has 0 radical (unpaired) electrons. The van der Waals surface area contributed by atoms with E-state index in [-0.39, 0.29) is 12.7 Å². The summed E-state index contributed by atoms with van der Waals surface area (Å²) >= 11 is 1.50. The average molecular weight is 475 g/mol. The summed E-state index contributed by atoms with van der Waals surface area (Å²) in [6.07, 6.45) is 4.00. The molecule has 0 unspecified atom stereocenters. The maximum atomic E-state index is 13.7. The van der Waals surface area contributed by atoms with E-state index in [9.17, 15) is 4.79 Å². The van der Waals surface area contributed by atoms with E-state index in [4.69, 9.17) is 14.5 Å². The van der Waals surface area contributed by atoms with Gasteiger partial charge >= 0.3 is 0 Å². The molecule has 0 bridgehead atoms. The third kappa shape index (κ3) is 3.73. The van der Waals surface area contributed by atoms with Crippen LogP contribution in [0.15, 0.2) is 48.8 Å². The standard InChI is InChI=1S/C26H26N4O3S/c1-17-13-18(2)27-25-22(17)23(29-7-3-4-8-29)24(34-25)26(31)30-11-9-28(10-12-30)15-19-5-6-20-21(14-19)33-16-32-20/h3-8,13-14H,9-12,15-16H2,1-2H3. The largest absolute Gasteiger partial charge is 0.454 e. The molecule has 5 heterocycles. The van der Waals surface area contributed by atoms with Crippen LogP contribution in [0.2, 0.25) is 0 Å². The zero-order valence-electron chi connectivity index (χ0n) is 19.3. The third-order valence-electron chi connectivity index (χ3n) is 6.52. The number of aryl methyl sites for hydroxylation is 2. The Balaban J connectivity index is 1.22. The van der Waals surface area contributed by atoms with Crippen molar-refractivity contribution in [2.24, 2.45) is 0 Å². The molecule has 1 fully saturated rings. The Hall–Kier alpha value is -3.36. The normalized spacial score (nSPS) is 15.9. The number of rotatable bonds is 4. The molecule has 0 saturated carbocycles. The minimum Gasteiger partial charge on any atom is -0.454 e. The highest BCUT2D eigenvalue weighted by Crippen LogP contribution is 2.37. The second-order valence-corrected chi connectivity index (χ2v) is 9.89.